The van der Waals surface area contributed by atoms with E-state index in [2.05, 4.69) is 5.10 Å². The molecule has 0 unspecified atom stereocenters. The van der Waals surface area contributed by atoms with E-state index in [0.717, 1.165) is 4.68 Å². The minimum absolute atomic E-state index is 0.138. The van der Waals surface area contributed by atoms with E-state index in [9.17, 15) is 9.59 Å². The van der Waals surface area contributed by atoms with Crippen LogP contribution in [0.5, 0.6) is 0 Å². The Labute approximate surface area is 108 Å². The van der Waals surface area contributed by atoms with Gasteiger partial charge in [0.1, 0.15) is 0 Å². The number of carbonyl (C=O) groups excluding carboxylic acids is 1. The first kappa shape index (κ1) is 12.1. The van der Waals surface area contributed by atoms with Gasteiger partial charge in [-0.1, -0.05) is 6.07 Å². The summed E-state index contributed by atoms with van der Waals surface area (Å²) < 4.78 is 2.24. The number of carbonyl (C=O) groups is 1. The Morgan fingerprint density at radius 1 is 1.42 bits per heavy atom. The van der Waals surface area contributed by atoms with Gasteiger partial charge in [-0.2, -0.15) is 0 Å². The summed E-state index contributed by atoms with van der Waals surface area (Å²) in [6.45, 7) is 1.66. The van der Waals surface area contributed by atoms with Gasteiger partial charge in [-0.15, -0.1) is 9.78 Å². The molecule has 0 aromatic carbocycles. The van der Waals surface area contributed by atoms with E-state index in [4.69, 9.17) is 5.11 Å². The number of fused-ring (bicyclic) bond motifs is 1. The predicted molar refractivity (Wildman–Crippen MR) is 67.1 cm³/mol. The van der Waals surface area contributed by atoms with Crippen LogP contribution in [0.1, 0.15) is 4.79 Å². The molecule has 19 heavy (non-hydrogen) atoms. The second-order valence-electron chi connectivity index (χ2n) is 4.76. The summed E-state index contributed by atoms with van der Waals surface area (Å²) >= 11 is 0. The predicted octanol–water partition coefficient (Wildman–Crippen LogP) is -0.940. The number of nitrogens with zero attached hydrogens (tertiary/aromatic N) is 4. The van der Waals surface area contributed by atoms with Crippen molar-refractivity contribution in [2.75, 3.05) is 26.2 Å². The SMILES string of the molecule is O=C(CN1CC(CO)C1)n1nc2ccccn2c1=O. The summed E-state index contributed by atoms with van der Waals surface area (Å²) in [6.07, 6.45) is 1.58. The minimum Gasteiger partial charge on any atom is -0.396 e. The number of rotatable bonds is 3. The molecule has 0 spiro atoms. The zero-order valence-electron chi connectivity index (χ0n) is 10.3. The van der Waals surface area contributed by atoms with Crippen LogP contribution in [0, 0.1) is 5.92 Å². The molecule has 100 valence electrons. The molecule has 1 aliphatic heterocycles. The first-order valence-corrected chi connectivity index (χ1v) is 6.12. The highest BCUT2D eigenvalue weighted by atomic mass is 16.3. The van der Waals surface area contributed by atoms with Crippen LogP contribution in [0.3, 0.4) is 0 Å². The van der Waals surface area contributed by atoms with Crippen molar-refractivity contribution < 1.29 is 9.90 Å². The van der Waals surface area contributed by atoms with Crippen molar-refractivity contribution in [1.82, 2.24) is 19.1 Å². The van der Waals surface area contributed by atoms with Gasteiger partial charge in [0.05, 0.1) is 6.54 Å². The Balaban J connectivity index is 1.79. The Morgan fingerprint density at radius 2 is 2.21 bits per heavy atom. The summed E-state index contributed by atoms with van der Waals surface area (Å²) in [4.78, 5) is 25.9. The molecule has 2 aromatic heterocycles. The highest BCUT2D eigenvalue weighted by Crippen LogP contribution is 2.13. The summed E-state index contributed by atoms with van der Waals surface area (Å²) in [7, 11) is 0. The van der Waals surface area contributed by atoms with Crippen LogP contribution < -0.4 is 5.69 Å². The molecule has 0 atom stereocenters. The van der Waals surface area contributed by atoms with Crippen LogP contribution in [-0.2, 0) is 0 Å². The summed E-state index contributed by atoms with van der Waals surface area (Å²) in [5.74, 6) is -0.101. The van der Waals surface area contributed by atoms with E-state index in [0.29, 0.717) is 18.7 Å². The molecule has 0 saturated carbocycles. The zero-order valence-corrected chi connectivity index (χ0v) is 10.3. The molecular formula is C12H14N4O3. The number of pyridine rings is 1. The van der Waals surface area contributed by atoms with Crippen molar-refractivity contribution in [3.05, 3.63) is 34.9 Å². The first-order valence-electron chi connectivity index (χ1n) is 6.12. The number of aromatic nitrogens is 3. The maximum absolute atomic E-state index is 12.0. The Hall–Kier alpha value is -1.99. The molecule has 0 radical (unpaired) electrons. The monoisotopic (exact) mass is 262 g/mol. The molecule has 7 nitrogen and oxygen atoms in total. The Morgan fingerprint density at radius 3 is 2.89 bits per heavy atom. The van der Waals surface area contributed by atoms with Crippen molar-refractivity contribution in [2.45, 2.75) is 0 Å². The standard InChI is InChI=1S/C12H14N4O3/c17-8-9-5-14(6-9)7-11(18)16-12(19)15-4-2-1-3-10(15)13-16/h1-4,9,17H,5-8H2. The van der Waals surface area contributed by atoms with E-state index in [1.54, 1.807) is 24.4 Å². The van der Waals surface area contributed by atoms with Gasteiger partial charge < -0.3 is 5.11 Å². The summed E-state index contributed by atoms with van der Waals surface area (Å²) in [5.41, 5.74) is 0.0116. The normalized spacial score (nSPS) is 16.7. The highest BCUT2D eigenvalue weighted by molar-refractivity contribution is 5.80. The number of hydrogen-bond acceptors (Lipinski definition) is 5. The molecule has 3 heterocycles. The van der Waals surface area contributed by atoms with Gasteiger partial charge in [0.25, 0.3) is 5.91 Å². The zero-order chi connectivity index (χ0) is 13.4. The fourth-order valence-electron chi connectivity index (χ4n) is 2.27. The average molecular weight is 262 g/mol. The molecule has 7 heteroatoms. The van der Waals surface area contributed by atoms with Crippen LogP contribution in [-0.4, -0.2) is 56.3 Å². The van der Waals surface area contributed by atoms with Gasteiger partial charge in [0.15, 0.2) is 5.65 Å². The van der Waals surface area contributed by atoms with Crippen molar-refractivity contribution in [1.29, 1.82) is 0 Å². The smallest absolute Gasteiger partial charge is 0.357 e. The lowest BCUT2D eigenvalue weighted by Gasteiger charge is -2.37. The van der Waals surface area contributed by atoms with Crippen molar-refractivity contribution in [2.24, 2.45) is 5.92 Å². The summed E-state index contributed by atoms with van der Waals surface area (Å²) in [6, 6.07) is 5.15. The lowest BCUT2D eigenvalue weighted by atomic mass is 10.0. The maximum Gasteiger partial charge on any atom is 0.357 e. The van der Waals surface area contributed by atoms with Crippen LogP contribution >= 0.6 is 0 Å². The molecular weight excluding hydrogens is 248 g/mol. The number of hydrogen-bond donors (Lipinski definition) is 1. The maximum atomic E-state index is 12.0. The molecule has 0 amide bonds. The average Bonchev–Trinajstić information content (AvgIpc) is 2.71. The van der Waals surface area contributed by atoms with Crippen molar-refractivity contribution in [3.8, 4) is 0 Å². The third-order valence-corrected chi connectivity index (χ3v) is 3.31. The second-order valence-corrected chi connectivity index (χ2v) is 4.76. The van der Waals surface area contributed by atoms with E-state index in [-0.39, 0.29) is 25.0 Å². The molecule has 0 bridgehead atoms. The van der Waals surface area contributed by atoms with Gasteiger partial charge in [0.2, 0.25) is 0 Å². The van der Waals surface area contributed by atoms with Gasteiger partial charge >= 0.3 is 5.69 Å². The van der Waals surface area contributed by atoms with E-state index < -0.39 is 5.69 Å². The molecule has 0 aliphatic carbocycles. The lowest BCUT2D eigenvalue weighted by Crippen LogP contribution is -2.51. The van der Waals surface area contributed by atoms with Crippen LogP contribution in [0.25, 0.3) is 5.65 Å². The third kappa shape index (κ3) is 2.06. The minimum atomic E-state index is -0.445. The fraction of sp³-hybridized carbons (Fsp3) is 0.417. The van der Waals surface area contributed by atoms with Crippen molar-refractivity contribution >= 4 is 11.6 Å². The van der Waals surface area contributed by atoms with E-state index in [1.807, 2.05) is 4.90 Å². The highest BCUT2D eigenvalue weighted by Gasteiger charge is 2.28. The quantitative estimate of drug-likeness (QED) is 0.772. The topological polar surface area (TPSA) is 79.8 Å². The lowest BCUT2D eigenvalue weighted by molar-refractivity contribution is 0.0438. The Kier molecular flexibility index (Phi) is 2.92. The number of likely N-dealkylation sites (tertiary alicyclic amines) is 1. The molecule has 1 N–H and O–H groups in total. The molecule has 1 saturated heterocycles. The largest absolute Gasteiger partial charge is 0.396 e. The van der Waals surface area contributed by atoms with E-state index in [1.165, 1.54) is 4.40 Å². The number of aliphatic hydroxyl groups is 1. The van der Waals surface area contributed by atoms with Gasteiger partial charge in [-0.05, 0) is 12.1 Å². The van der Waals surface area contributed by atoms with Crippen molar-refractivity contribution in [3.63, 3.8) is 0 Å². The fourth-order valence-corrected chi connectivity index (χ4v) is 2.27. The first-order chi connectivity index (χ1) is 9.19. The third-order valence-electron chi connectivity index (χ3n) is 3.31. The van der Waals surface area contributed by atoms with Gasteiger partial charge in [0, 0.05) is 31.8 Å². The Bertz CT molecular complexity index is 669. The molecule has 2 aromatic rings. The van der Waals surface area contributed by atoms with Crippen LogP contribution in [0.15, 0.2) is 29.2 Å². The van der Waals surface area contributed by atoms with E-state index >= 15 is 0 Å². The second kappa shape index (κ2) is 4.60. The molecule has 1 aliphatic rings. The van der Waals surface area contributed by atoms with Gasteiger partial charge in [-0.3, -0.25) is 9.69 Å². The molecule has 3 rings (SSSR count). The summed E-state index contributed by atoms with van der Waals surface area (Å²) in [5, 5.41) is 12.9. The van der Waals surface area contributed by atoms with Crippen LogP contribution in [0.4, 0.5) is 0 Å². The van der Waals surface area contributed by atoms with Crippen LogP contribution in [0.2, 0.25) is 0 Å². The number of aliphatic hydroxyl groups excluding tert-OH is 1. The molecule has 1 fully saturated rings. The van der Waals surface area contributed by atoms with Gasteiger partial charge in [-0.25, -0.2) is 9.20 Å².